The molecule has 0 aliphatic carbocycles. The van der Waals surface area contributed by atoms with Crippen molar-refractivity contribution in [3.63, 3.8) is 0 Å². The van der Waals surface area contributed by atoms with E-state index < -0.39 is 0 Å². The quantitative estimate of drug-likeness (QED) is 0.592. The van der Waals surface area contributed by atoms with Gasteiger partial charge in [0.25, 0.3) is 0 Å². The van der Waals surface area contributed by atoms with Gasteiger partial charge in [0.1, 0.15) is 11.6 Å². The Hall–Kier alpha value is -1.58. The molecule has 0 saturated carbocycles. The molecule has 4 heteroatoms. The summed E-state index contributed by atoms with van der Waals surface area (Å²) in [6.45, 7) is 0. The molecule has 0 radical (unpaired) electrons. The molecule has 1 aromatic heterocycles. The highest BCUT2D eigenvalue weighted by atomic mass is 16.3. The van der Waals surface area contributed by atoms with Crippen molar-refractivity contribution in [1.29, 1.82) is 0 Å². The molecule has 4 nitrogen and oxygen atoms in total. The van der Waals surface area contributed by atoms with Gasteiger partial charge in [-0.3, -0.25) is 4.79 Å². The second-order valence-electron chi connectivity index (χ2n) is 2.71. The van der Waals surface area contributed by atoms with Crippen LogP contribution < -0.4 is 5.32 Å². The molecule has 0 unspecified atom stereocenters. The van der Waals surface area contributed by atoms with E-state index in [0.717, 1.165) is 5.56 Å². The van der Waals surface area contributed by atoms with Crippen LogP contribution in [0.15, 0.2) is 12.3 Å². The molecule has 1 aliphatic heterocycles. The van der Waals surface area contributed by atoms with Gasteiger partial charge in [-0.25, -0.2) is 4.98 Å². The SMILES string of the molecule is O=C1CCc2c(O)ccnc2N1. The number of aromatic hydroxyl groups is 1. The van der Waals surface area contributed by atoms with Gasteiger partial charge in [0.2, 0.25) is 5.91 Å². The highest BCUT2D eigenvalue weighted by Crippen LogP contribution is 2.27. The van der Waals surface area contributed by atoms with Crippen molar-refractivity contribution in [3.05, 3.63) is 17.8 Å². The molecule has 1 aromatic rings. The molecule has 0 aromatic carbocycles. The summed E-state index contributed by atoms with van der Waals surface area (Å²) in [4.78, 5) is 14.8. The number of amides is 1. The maximum absolute atomic E-state index is 10.9. The van der Waals surface area contributed by atoms with Gasteiger partial charge in [-0.15, -0.1) is 0 Å². The van der Waals surface area contributed by atoms with Crippen molar-refractivity contribution in [2.75, 3.05) is 5.32 Å². The van der Waals surface area contributed by atoms with E-state index in [4.69, 9.17) is 0 Å². The van der Waals surface area contributed by atoms with Crippen molar-refractivity contribution in [3.8, 4) is 5.75 Å². The Balaban J connectivity index is 2.48. The van der Waals surface area contributed by atoms with Gasteiger partial charge in [-0.1, -0.05) is 0 Å². The summed E-state index contributed by atoms with van der Waals surface area (Å²) in [7, 11) is 0. The average molecular weight is 164 g/mol. The smallest absolute Gasteiger partial charge is 0.225 e. The largest absolute Gasteiger partial charge is 0.507 e. The predicted molar refractivity (Wildman–Crippen MR) is 42.9 cm³/mol. The molecule has 0 spiro atoms. The Kier molecular flexibility index (Phi) is 1.46. The second-order valence-corrected chi connectivity index (χ2v) is 2.71. The number of pyridine rings is 1. The highest BCUT2D eigenvalue weighted by Gasteiger charge is 2.17. The van der Waals surface area contributed by atoms with E-state index in [1.165, 1.54) is 12.3 Å². The number of hydrogen-bond acceptors (Lipinski definition) is 3. The van der Waals surface area contributed by atoms with Crippen molar-refractivity contribution in [1.82, 2.24) is 4.98 Å². The lowest BCUT2D eigenvalue weighted by Crippen LogP contribution is -2.19. The predicted octanol–water partition coefficient (Wildman–Crippen LogP) is 0.672. The fourth-order valence-corrected chi connectivity index (χ4v) is 1.27. The van der Waals surface area contributed by atoms with Crippen LogP contribution in [0, 0.1) is 0 Å². The molecule has 1 aliphatic rings. The minimum Gasteiger partial charge on any atom is -0.507 e. The zero-order valence-electron chi connectivity index (χ0n) is 6.37. The summed E-state index contributed by atoms with van der Waals surface area (Å²) in [5.74, 6) is 0.659. The highest BCUT2D eigenvalue weighted by molar-refractivity contribution is 5.93. The molecule has 12 heavy (non-hydrogen) atoms. The Labute approximate surface area is 69.2 Å². The Morgan fingerprint density at radius 1 is 1.50 bits per heavy atom. The molecule has 0 fully saturated rings. The number of carbonyl (C=O) groups excluding carboxylic acids is 1. The third-order valence-electron chi connectivity index (χ3n) is 1.89. The lowest BCUT2D eigenvalue weighted by Gasteiger charge is -2.15. The van der Waals surface area contributed by atoms with E-state index in [9.17, 15) is 9.90 Å². The zero-order valence-corrected chi connectivity index (χ0v) is 6.37. The topological polar surface area (TPSA) is 62.2 Å². The lowest BCUT2D eigenvalue weighted by molar-refractivity contribution is -0.116. The van der Waals surface area contributed by atoms with Crippen molar-refractivity contribution in [2.24, 2.45) is 0 Å². The van der Waals surface area contributed by atoms with E-state index in [1.807, 2.05) is 0 Å². The third kappa shape index (κ3) is 1.01. The number of hydrogen-bond donors (Lipinski definition) is 2. The number of carbonyl (C=O) groups is 1. The van der Waals surface area contributed by atoms with Crippen LogP contribution in [0.4, 0.5) is 5.82 Å². The van der Waals surface area contributed by atoms with Crippen molar-refractivity contribution >= 4 is 11.7 Å². The Morgan fingerprint density at radius 2 is 2.33 bits per heavy atom. The normalized spacial score (nSPS) is 15.2. The van der Waals surface area contributed by atoms with Gasteiger partial charge in [-0.2, -0.15) is 0 Å². The summed E-state index contributed by atoms with van der Waals surface area (Å²) in [6.07, 6.45) is 2.47. The van der Waals surface area contributed by atoms with Crippen LogP contribution in [0.1, 0.15) is 12.0 Å². The third-order valence-corrected chi connectivity index (χ3v) is 1.89. The summed E-state index contributed by atoms with van der Waals surface area (Å²) in [5, 5.41) is 11.9. The standard InChI is InChI=1S/C8H8N2O2/c11-6-3-4-9-8-5(6)1-2-7(12)10-8/h3-4H,1-2H2,(H2,9,10,11,12). The van der Waals surface area contributed by atoms with Gasteiger partial charge in [-0.05, 0) is 12.5 Å². The minimum absolute atomic E-state index is 0.0411. The molecular weight excluding hydrogens is 156 g/mol. The molecular formula is C8H8N2O2. The van der Waals surface area contributed by atoms with E-state index in [0.29, 0.717) is 18.7 Å². The maximum atomic E-state index is 10.9. The number of aromatic nitrogens is 1. The van der Waals surface area contributed by atoms with Gasteiger partial charge in [0.15, 0.2) is 0 Å². The van der Waals surface area contributed by atoms with Gasteiger partial charge < -0.3 is 10.4 Å². The number of fused-ring (bicyclic) bond motifs is 1. The van der Waals surface area contributed by atoms with Crippen LogP contribution in [0.3, 0.4) is 0 Å². The van der Waals surface area contributed by atoms with Crippen LogP contribution in [-0.2, 0) is 11.2 Å². The molecule has 2 N–H and O–H groups in total. The van der Waals surface area contributed by atoms with E-state index in [-0.39, 0.29) is 11.7 Å². The minimum atomic E-state index is -0.0411. The fourth-order valence-electron chi connectivity index (χ4n) is 1.27. The molecule has 1 amide bonds. The molecule has 2 heterocycles. The van der Waals surface area contributed by atoms with Crippen LogP contribution in [0.5, 0.6) is 5.75 Å². The van der Waals surface area contributed by atoms with Crippen LogP contribution in [0.25, 0.3) is 0 Å². The summed E-state index contributed by atoms with van der Waals surface area (Å²) in [6, 6.07) is 1.52. The maximum Gasteiger partial charge on any atom is 0.225 e. The first-order chi connectivity index (χ1) is 5.77. The summed E-state index contributed by atoms with van der Waals surface area (Å²) < 4.78 is 0. The molecule has 0 atom stereocenters. The summed E-state index contributed by atoms with van der Waals surface area (Å²) >= 11 is 0. The fraction of sp³-hybridized carbons (Fsp3) is 0.250. The van der Waals surface area contributed by atoms with Gasteiger partial charge in [0.05, 0.1) is 0 Å². The van der Waals surface area contributed by atoms with Gasteiger partial charge >= 0.3 is 0 Å². The van der Waals surface area contributed by atoms with Crippen LogP contribution in [-0.4, -0.2) is 16.0 Å². The molecule has 62 valence electrons. The van der Waals surface area contributed by atoms with Crippen molar-refractivity contribution in [2.45, 2.75) is 12.8 Å². The first kappa shape index (κ1) is 7.09. The Morgan fingerprint density at radius 3 is 3.17 bits per heavy atom. The number of rotatable bonds is 0. The Bertz CT molecular complexity index is 336. The summed E-state index contributed by atoms with van der Waals surface area (Å²) in [5.41, 5.74) is 0.733. The zero-order chi connectivity index (χ0) is 8.55. The molecule has 2 rings (SSSR count). The molecule has 0 saturated heterocycles. The van der Waals surface area contributed by atoms with Gasteiger partial charge in [0, 0.05) is 18.2 Å². The average Bonchev–Trinajstić information content (AvgIpc) is 2.04. The van der Waals surface area contributed by atoms with E-state index in [2.05, 4.69) is 10.3 Å². The molecule has 0 bridgehead atoms. The van der Waals surface area contributed by atoms with Crippen LogP contribution in [0.2, 0.25) is 0 Å². The first-order valence-electron chi connectivity index (χ1n) is 3.74. The van der Waals surface area contributed by atoms with Crippen LogP contribution >= 0.6 is 0 Å². The second kappa shape index (κ2) is 2.48. The van der Waals surface area contributed by atoms with E-state index >= 15 is 0 Å². The monoisotopic (exact) mass is 164 g/mol. The van der Waals surface area contributed by atoms with E-state index in [1.54, 1.807) is 0 Å². The number of nitrogens with zero attached hydrogens (tertiary/aromatic N) is 1. The lowest BCUT2D eigenvalue weighted by atomic mass is 10.1. The van der Waals surface area contributed by atoms with Crippen molar-refractivity contribution < 1.29 is 9.90 Å². The number of anilines is 1. The first-order valence-corrected chi connectivity index (χ1v) is 3.74. The number of nitrogens with one attached hydrogen (secondary N) is 1.